The Morgan fingerprint density at radius 1 is 0.974 bits per heavy atom. The van der Waals surface area contributed by atoms with Crippen LogP contribution in [0.15, 0.2) is 77.7 Å². The molecule has 0 spiro atoms. The molecule has 0 aliphatic heterocycles. The molecule has 38 heavy (non-hydrogen) atoms. The van der Waals surface area contributed by atoms with Crippen LogP contribution in [-0.2, 0) is 30.8 Å². The molecule has 3 aromatic rings. The summed E-state index contributed by atoms with van der Waals surface area (Å²) in [5, 5.41) is 12.6. The molecule has 1 aliphatic carbocycles. The van der Waals surface area contributed by atoms with Gasteiger partial charge in [0.2, 0.25) is 15.9 Å². The predicted molar refractivity (Wildman–Crippen MR) is 141 cm³/mol. The third-order valence-electron chi connectivity index (χ3n) is 6.22. The van der Waals surface area contributed by atoms with E-state index in [1.165, 1.54) is 24.3 Å². The van der Waals surface area contributed by atoms with Crippen LogP contribution in [0, 0.1) is 5.92 Å². The molecule has 0 heterocycles. The Hall–Kier alpha value is -4.02. The summed E-state index contributed by atoms with van der Waals surface area (Å²) in [5.41, 5.74) is 2.83. The number of rotatable bonds is 11. The van der Waals surface area contributed by atoms with Gasteiger partial charge in [0.15, 0.2) is 0 Å². The van der Waals surface area contributed by atoms with Crippen LogP contribution in [0.1, 0.15) is 35.2 Å². The molecule has 1 amide bonds. The minimum Gasteiger partial charge on any atom is -0.480 e. The summed E-state index contributed by atoms with van der Waals surface area (Å²) in [6.07, 6.45) is 2.61. The lowest BCUT2D eigenvalue weighted by atomic mass is 10.0. The topological polar surface area (TPSA) is 139 Å². The monoisotopic (exact) mass is 536 g/mol. The van der Waals surface area contributed by atoms with Gasteiger partial charge in [-0.15, -0.1) is 0 Å². The van der Waals surface area contributed by atoms with Crippen LogP contribution >= 0.6 is 0 Å². The Morgan fingerprint density at radius 3 is 2.34 bits per heavy atom. The highest BCUT2D eigenvalue weighted by Crippen LogP contribution is 2.32. The third kappa shape index (κ3) is 6.84. The van der Waals surface area contributed by atoms with Crippen LogP contribution in [0.4, 0.5) is 5.69 Å². The maximum absolute atomic E-state index is 13.0. The van der Waals surface area contributed by atoms with Gasteiger partial charge in [0.1, 0.15) is 6.04 Å². The number of carbonyl (C=O) groups excluding carboxylic acids is 2. The number of aliphatic carboxylic acids is 1. The maximum atomic E-state index is 13.0. The van der Waals surface area contributed by atoms with E-state index in [4.69, 9.17) is 0 Å². The van der Waals surface area contributed by atoms with Gasteiger partial charge in [-0.05, 0) is 66.1 Å². The molecule has 198 valence electrons. The molecule has 1 saturated carbocycles. The molecule has 1 unspecified atom stereocenters. The molecule has 1 atom stereocenters. The van der Waals surface area contributed by atoms with Crippen LogP contribution in [0.5, 0.6) is 0 Å². The second-order valence-electron chi connectivity index (χ2n) is 9.18. The fourth-order valence-corrected chi connectivity index (χ4v) is 5.44. The maximum Gasteiger partial charge on any atom is 0.339 e. The van der Waals surface area contributed by atoms with E-state index in [1.54, 1.807) is 24.3 Å². The number of esters is 1. The fourth-order valence-electron chi connectivity index (χ4n) is 4.05. The van der Waals surface area contributed by atoms with E-state index in [-0.39, 0.29) is 22.8 Å². The lowest BCUT2D eigenvalue weighted by molar-refractivity contribution is -0.138. The van der Waals surface area contributed by atoms with Gasteiger partial charge in [-0.2, -0.15) is 4.72 Å². The number of amides is 1. The number of nitrogens with one attached hydrogen (secondary N) is 2. The lowest BCUT2D eigenvalue weighted by Gasteiger charge is -2.16. The van der Waals surface area contributed by atoms with Crippen LogP contribution in [-0.4, -0.2) is 44.5 Å². The molecule has 3 aromatic carbocycles. The van der Waals surface area contributed by atoms with Gasteiger partial charge in [0, 0.05) is 12.1 Å². The summed E-state index contributed by atoms with van der Waals surface area (Å²) < 4.78 is 32.8. The van der Waals surface area contributed by atoms with E-state index in [1.807, 2.05) is 24.3 Å². The average Bonchev–Trinajstić information content (AvgIpc) is 3.72. The quantitative estimate of drug-likeness (QED) is 0.316. The summed E-state index contributed by atoms with van der Waals surface area (Å²) in [7, 11) is -3.22. The van der Waals surface area contributed by atoms with Crippen molar-refractivity contribution < 1.29 is 32.6 Å². The first kappa shape index (κ1) is 27.0. The van der Waals surface area contributed by atoms with Crippen LogP contribution < -0.4 is 10.0 Å². The van der Waals surface area contributed by atoms with Gasteiger partial charge in [0.05, 0.1) is 17.6 Å². The lowest BCUT2D eigenvalue weighted by Crippen LogP contribution is -2.42. The first-order valence-electron chi connectivity index (χ1n) is 12.1. The minimum atomic E-state index is -4.35. The highest BCUT2D eigenvalue weighted by molar-refractivity contribution is 7.89. The number of methoxy groups -OCH3 is 1. The first-order valence-corrected chi connectivity index (χ1v) is 13.6. The van der Waals surface area contributed by atoms with E-state index in [0.717, 1.165) is 31.1 Å². The molecule has 3 N–H and O–H groups in total. The smallest absolute Gasteiger partial charge is 0.339 e. The largest absolute Gasteiger partial charge is 0.480 e. The second kappa shape index (κ2) is 11.6. The average molecular weight is 537 g/mol. The fraction of sp³-hybridized carbons (Fsp3) is 0.250. The van der Waals surface area contributed by atoms with Crippen molar-refractivity contribution in [2.45, 2.75) is 36.6 Å². The van der Waals surface area contributed by atoms with Gasteiger partial charge in [0.25, 0.3) is 0 Å². The van der Waals surface area contributed by atoms with Crippen molar-refractivity contribution in [1.82, 2.24) is 4.72 Å². The SMILES string of the molecule is COC(=O)c1ccccc1S(=O)(=O)NC(Cc1ccc(-c2cccc(NC(=O)CC3CC3)c2)cc1)C(=O)O. The van der Waals surface area contributed by atoms with Gasteiger partial charge in [-0.3, -0.25) is 9.59 Å². The van der Waals surface area contributed by atoms with Crippen LogP contribution in [0.2, 0.25) is 0 Å². The van der Waals surface area contributed by atoms with Crippen molar-refractivity contribution in [3.8, 4) is 11.1 Å². The van der Waals surface area contributed by atoms with Crippen LogP contribution in [0.3, 0.4) is 0 Å². The number of carboxylic acids is 1. The number of anilines is 1. The molecule has 1 fully saturated rings. The summed E-state index contributed by atoms with van der Waals surface area (Å²) in [4.78, 5) is 35.7. The highest BCUT2D eigenvalue weighted by atomic mass is 32.2. The normalized spacial score (nSPS) is 13.9. The standard InChI is InChI=1S/C28H28N2O7S/c1-37-28(34)23-7-2-3-8-25(23)38(35,36)30-24(27(32)33)15-18-11-13-20(14-12-18)21-5-4-6-22(17-21)29-26(31)16-19-9-10-19/h2-8,11-14,17,19,24,30H,9-10,15-16H2,1H3,(H,29,31)(H,32,33). The highest BCUT2D eigenvalue weighted by Gasteiger charge is 2.29. The van der Waals surface area contributed by atoms with Gasteiger partial charge in [-0.25, -0.2) is 13.2 Å². The summed E-state index contributed by atoms with van der Waals surface area (Å²) in [5.74, 6) is -1.72. The molecule has 10 heteroatoms. The molecule has 0 radical (unpaired) electrons. The minimum absolute atomic E-state index is 0.00336. The van der Waals surface area contributed by atoms with Gasteiger partial charge < -0.3 is 15.2 Å². The second-order valence-corrected chi connectivity index (χ2v) is 10.9. The van der Waals surface area contributed by atoms with E-state index >= 15 is 0 Å². The molecule has 4 rings (SSSR count). The zero-order valence-electron chi connectivity index (χ0n) is 20.7. The summed E-state index contributed by atoms with van der Waals surface area (Å²) in [6.45, 7) is 0. The van der Waals surface area contributed by atoms with Gasteiger partial charge in [-0.1, -0.05) is 48.5 Å². The Balaban J connectivity index is 1.47. The zero-order chi connectivity index (χ0) is 27.3. The van der Waals surface area contributed by atoms with Gasteiger partial charge >= 0.3 is 11.9 Å². The van der Waals surface area contributed by atoms with E-state index in [9.17, 15) is 27.9 Å². The molecular weight excluding hydrogens is 508 g/mol. The molecule has 9 nitrogen and oxygen atoms in total. The number of benzene rings is 3. The Morgan fingerprint density at radius 2 is 1.68 bits per heavy atom. The van der Waals surface area contributed by atoms with Crippen molar-refractivity contribution >= 4 is 33.6 Å². The molecule has 0 aromatic heterocycles. The van der Waals surface area contributed by atoms with Crippen molar-refractivity contribution in [3.05, 3.63) is 83.9 Å². The van der Waals surface area contributed by atoms with E-state index in [0.29, 0.717) is 23.6 Å². The Bertz CT molecular complexity index is 1450. The van der Waals surface area contributed by atoms with E-state index < -0.39 is 28.0 Å². The van der Waals surface area contributed by atoms with Crippen LogP contribution in [0.25, 0.3) is 11.1 Å². The summed E-state index contributed by atoms with van der Waals surface area (Å²) in [6, 6.07) is 18.5. The summed E-state index contributed by atoms with van der Waals surface area (Å²) >= 11 is 0. The first-order chi connectivity index (χ1) is 18.2. The zero-order valence-corrected chi connectivity index (χ0v) is 21.5. The molecule has 0 bridgehead atoms. The van der Waals surface area contributed by atoms with Crippen molar-refractivity contribution in [3.63, 3.8) is 0 Å². The van der Waals surface area contributed by atoms with E-state index in [2.05, 4.69) is 14.8 Å². The Labute approximate surface area is 220 Å². The number of carbonyl (C=O) groups is 3. The Kier molecular flexibility index (Phi) is 8.23. The number of ether oxygens (including phenoxy) is 1. The number of carboxylic acid groups (broad SMARTS) is 1. The number of hydrogen-bond donors (Lipinski definition) is 3. The number of sulfonamides is 1. The predicted octanol–water partition coefficient (Wildman–Crippen LogP) is 3.85. The van der Waals surface area contributed by atoms with Crippen molar-refractivity contribution in [2.75, 3.05) is 12.4 Å². The van der Waals surface area contributed by atoms with Crippen molar-refractivity contribution in [2.24, 2.45) is 5.92 Å². The third-order valence-corrected chi connectivity index (χ3v) is 7.75. The molecular formula is C28H28N2O7S. The number of hydrogen-bond acceptors (Lipinski definition) is 6. The van der Waals surface area contributed by atoms with Crippen molar-refractivity contribution in [1.29, 1.82) is 0 Å². The molecule has 0 saturated heterocycles. The molecule has 1 aliphatic rings.